The van der Waals surface area contributed by atoms with Gasteiger partial charge in [-0.25, -0.2) is 0 Å². The molecule has 0 saturated heterocycles. The predicted molar refractivity (Wildman–Crippen MR) is 259 cm³/mol. The molecule has 61 heavy (non-hydrogen) atoms. The molecule has 0 unspecified atom stereocenters. The van der Waals surface area contributed by atoms with E-state index in [1.165, 1.54) is 50.1 Å². The van der Waals surface area contributed by atoms with Crippen LogP contribution in [0.5, 0.6) is 0 Å². The average molecular weight is 778 g/mol. The molecule has 0 fully saturated rings. The Morgan fingerprint density at radius 3 is 0.951 bits per heavy atom. The minimum Gasteiger partial charge on any atom is -0.309 e. The number of nitrogens with zero attached hydrogens (tertiary/aromatic N) is 1. The number of hydrogen-bond donors (Lipinski definition) is 0. The van der Waals surface area contributed by atoms with Crippen LogP contribution in [0.4, 0.5) is 17.1 Å². The summed E-state index contributed by atoms with van der Waals surface area (Å²) < 4.78 is 0. The lowest BCUT2D eigenvalue weighted by molar-refractivity contribution is 1.28. The van der Waals surface area contributed by atoms with E-state index in [-0.39, 0.29) is 0 Å². The van der Waals surface area contributed by atoms with Crippen molar-refractivity contribution in [3.8, 4) is 77.9 Å². The van der Waals surface area contributed by atoms with Gasteiger partial charge in [0.15, 0.2) is 0 Å². The lowest BCUT2D eigenvalue weighted by atomic mass is 9.88. The summed E-state index contributed by atoms with van der Waals surface area (Å²) in [5.41, 5.74) is 19.8. The lowest BCUT2D eigenvalue weighted by Crippen LogP contribution is -2.13. The van der Waals surface area contributed by atoms with Gasteiger partial charge in [0.25, 0.3) is 0 Å². The lowest BCUT2D eigenvalue weighted by Gasteiger charge is -2.31. The zero-order valence-electron chi connectivity index (χ0n) is 33.8. The first-order chi connectivity index (χ1) is 30.3. The molecule has 1 nitrogen and oxygen atoms in total. The molecule has 1 heteroatoms. The van der Waals surface area contributed by atoms with Crippen molar-refractivity contribution in [2.24, 2.45) is 0 Å². The first-order valence-electron chi connectivity index (χ1n) is 20.9. The maximum absolute atomic E-state index is 2.46. The third-order valence-corrected chi connectivity index (χ3v) is 11.5. The molecule has 0 aliphatic heterocycles. The van der Waals surface area contributed by atoms with Crippen molar-refractivity contribution in [3.05, 3.63) is 261 Å². The molecular weight excluding hydrogens is 735 g/mol. The summed E-state index contributed by atoms with van der Waals surface area (Å²) in [5, 5.41) is 0. The van der Waals surface area contributed by atoms with Gasteiger partial charge in [0, 0.05) is 16.8 Å². The molecule has 10 aromatic rings. The van der Waals surface area contributed by atoms with Gasteiger partial charge in [0.2, 0.25) is 0 Å². The summed E-state index contributed by atoms with van der Waals surface area (Å²) in [6, 6.07) is 94.1. The molecule has 0 aromatic heterocycles. The maximum Gasteiger partial charge on any atom is 0.0546 e. The second-order valence-electron chi connectivity index (χ2n) is 15.2. The van der Waals surface area contributed by atoms with Crippen LogP contribution in [-0.2, 0) is 0 Å². The van der Waals surface area contributed by atoms with Crippen LogP contribution in [0.15, 0.2) is 261 Å². The third-order valence-electron chi connectivity index (χ3n) is 11.5. The zero-order valence-corrected chi connectivity index (χ0v) is 33.8. The second kappa shape index (κ2) is 17.1. The Morgan fingerprint density at radius 1 is 0.180 bits per heavy atom. The van der Waals surface area contributed by atoms with E-state index >= 15 is 0 Å². The SMILES string of the molecule is c1ccc(-c2cc(-c3ccccc3)c(N(c3ccc(-c4ccccc4-c4ccccc4-c4ccccc4)cc3)c3ccccc3-c3ccccc3)cc2-c2ccccc2)cc1. The Balaban J connectivity index is 1.20. The fourth-order valence-electron chi connectivity index (χ4n) is 8.62. The Labute approximate surface area is 359 Å². The van der Waals surface area contributed by atoms with E-state index in [1.807, 2.05) is 0 Å². The minimum absolute atomic E-state index is 1.07. The average Bonchev–Trinajstić information content (AvgIpc) is 3.36. The highest BCUT2D eigenvalue weighted by molar-refractivity contribution is 6.00. The zero-order chi connectivity index (χ0) is 40.8. The second-order valence-corrected chi connectivity index (χ2v) is 15.2. The molecule has 0 radical (unpaired) electrons. The van der Waals surface area contributed by atoms with Crippen molar-refractivity contribution in [1.29, 1.82) is 0 Å². The Hall–Kier alpha value is -8.00. The van der Waals surface area contributed by atoms with Crippen LogP contribution in [0.2, 0.25) is 0 Å². The van der Waals surface area contributed by atoms with Gasteiger partial charge in [-0.1, -0.05) is 231 Å². The molecule has 10 aromatic carbocycles. The monoisotopic (exact) mass is 777 g/mol. The van der Waals surface area contributed by atoms with Gasteiger partial charge in [0.05, 0.1) is 11.4 Å². The van der Waals surface area contributed by atoms with Crippen molar-refractivity contribution in [1.82, 2.24) is 0 Å². The summed E-state index contributed by atoms with van der Waals surface area (Å²) in [5.74, 6) is 0. The van der Waals surface area contributed by atoms with Gasteiger partial charge in [-0.15, -0.1) is 0 Å². The minimum atomic E-state index is 1.07. The number of benzene rings is 10. The smallest absolute Gasteiger partial charge is 0.0546 e. The van der Waals surface area contributed by atoms with Crippen molar-refractivity contribution < 1.29 is 0 Å². The molecule has 0 aliphatic rings. The van der Waals surface area contributed by atoms with E-state index in [1.54, 1.807) is 0 Å². The van der Waals surface area contributed by atoms with Crippen LogP contribution in [0.25, 0.3) is 77.9 Å². The molecule has 0 bridgehead atoms. The van der Waals surface area contributed by atoms with Crippen molar-refractivity contribution in [2.45, 2.75) is 0 Å². The quantitative estimate of drug-likeness (QED) is 0.134. The predicted octanol–water partition coefficient (Wildman–Crippen LogP) is 16.8. The van der Waals surface area contributed by atoms with Crippen LogP contribution in [0, 0.1) is 0 Å². The molecule has 0 spiro atoms. The summed E-state index contributed by atoms with van der Waals surface area (Å²) in [6.45, 7) is 0. The van der Waals surface area contributed by atoms with Crippen molar-refractivity contribution in [2.75, 3.05) is 4.90 Å². The highest BCUT2D eigenvalue weighted by Crippen LogP contribution is 2.49. The normalized spacial score (nSPS) is 11.0. The molecule has 288 valence electrons. The van der Waals surface area contributed by atoms with Gasteiger partial charge in [0.1, 0.15) is 0 Å². The standard InChI is InChI=1S/C60H43N/c1-6-22-44(23-7-1)51-32-16-18-35-54(51)55-36-19-17-33-52(55)49-38-40-50(41-39-49)61(59-37-21-20-34-53(59)45-24-8-2-9-25-45)60-43-57(47-28-12-4-13-29-47)56(46-26-10-3-11-27-46)42-58(60)48-30-14-5-15-31-48/h1-43H. The summed E-state index contributed by atoms with van der Waals surface area (Å²) in [4.78, 5) is 2.46. The fourth-order valence-corrected chi connectivity index (χ4v) is 8.62. The van der Waals surface area contributed by atoms with E-state index in [2.05, 4.69) is 266 Å². The fraction of sp³-hybridized carbons (Fsp3) is 0. The van der Waals surface area contributed by atoms with E-state index < -0.39 is 0 Å². The van der Waals surface area contributed by atoms with Gasteiger partial charge in [-0.2, -0.15) is 0 Å². The first kappa shape index (κ1) is 37.3. The van der Waals surface area contributed by atoms with Gasteiger partial charge in [-0.05, 0) is 97.1 Å². The van der Waals surface area contributed by atoms with Crippen LogP contribution < -0.4 is 4.90 Å². The molecule has 10 rings (SSSR count). The number of anilines is 3. The number of rotatable bonds is 10. The van der Waals surface area contributed by atoms with Crippen LogP contribution in [-0.4, -0.2) is 0 Å². The largest absolute Gasteiger partial charge is 0.309 e. The van der Waals surface area contributed by atoms with Crippen LogP contribution in [0.3, 0.4) is 0 Å². The molecule has 0 amide bonds. The third kappa shape index (κ3) is 7.58. The summed E-state index contributed by atoms with van der Waals surface area (Å²) in [6.07, 6.45) is 0. The summed E-state index contributed by atoms with van der Waals surface area (Å²) >= 11 is 0. The number of hydrogen-bond acceptors (Lipinski definition) is 1. The molecule has 0 heterocycles. The molecule has 0 N–H and O–H groups in total. The molecule has 0 aliphatic carbocycles. The summed E-state index contributed by atoms with van der Waals surface area (Å²) in [7, 11) is 0. The van der Waals surface area contributed by atoms with E-state index in [0.29, 0.717) is 0 Å². The van der Waals surface area contributed by atoms with Crippen LogP contribution in [0.1, 0.15) is 0 Å². The van der Waals surface area contributed by atoms with Crippen LogP contribution >= 0.6 is 0 Å². The van der Waals surface area contributed by atoms with Gasteiger partial charge in [-0.3, -0.25) is 0 Å². The van der Waals surface area contributed by atoms with E-state index in [4.69, 9.17) is 0 Å². The Kier molecular flexibility index (Phi) is 10.4. The van der Waals surface area contributed by atoms with Gasteiger partial charge < -0.3 is 4.90 Å². The van der Waals surface area contributed by atoms with E-state index in [0.717, 1.165) is 44.9 Å². The van der Waals surface area contributed by atoms with Gasteiger partial charge >= 0.3 is 0 Å². The van der Waals surface area contributed by atoms with Crippen molar-refractivity contribution >= 4 is 17.1 Å². The topological polar surface area (TPSA) is 3.24 Å². The Bertz CT molecular complexity index is 3030. The maximum atomic E-state index is 2.46. The molecular formula is C60H43N. The van der Waals surface area contributed by atoms with E-state index in [9.17, 15) is 0 Å². The molecule has 0 atom stereocenters. The number of para-hydroxylation sites is 1. The van der Waals surface area contributed by atoms with Crippen molar-refractivity contribution in [3.63, 3.8) is 0 Å². The first-order valence-corrected chi connectivity index (χ1v) is 20.9. The molecule has 0 saturated carbocycles. The highest BCUT2D eigenvalue weighted by atomic mass is 15.1. The highest BCUT2D eigenvalue weighted by Gasteiger charge is 2.24. The Morgan fingerprint density at radius 2 is 0.492 bits per heavy atom.